The standard InChI is InChI=1S/C35H39N3O8/c1-5-20(9-11-37-4)34(43)45-27-17-25-31(42)30-26(41)16-23(18-39)44-33(30)29(32(25)46-35(27,2)3)24(21-10-12-38-28(36)15-21)14-19-7-6-8-22(40)13-19/h5-8,10,12-13,15-16,24,27,37,39-40,42H,9,11,14,17-18H2,1-4H3,(H2,36,38)/b20-5-/t24-,27-/m1/s1. The third-order valence-electron chi connectivity index (χ3n) is 8.38. The van der Waals surface area contributed by atoms with E-state index in [-0.39, 0.29) is 51.8 Å². The molecule has 242 valence electrons. The second kappa shape index (κ2) is 13.2. The smallest absolute Gasteiger partial charge is 0.334 e. The maximum Gasteiger partial charge on any atom is 0.334 e. The number of nitrogens with two attached hydrogens (primary N) is 1. The molecule has 1 aliphatic rings. The van der Waals surface area contributed by atoms with Gasteiger partial charge in [0.25, 0.3) is 0 Å². The SMILES string of the molecule is C/C=C(/CCNC)C(=O)O[C@@H]1Cc2c(c([C@H](Cc3cccc(O)c3)c3ccnc(N)c3)c3oc(CO)cc(=O)c3c2O)OC1(C)C. The van der Waals surface area contributed by atoms with E-state index in [1.807, 2.05) is 6.07 Å². The van der Waals surface area contributed by atoms with E-state index in [9.17, 15) is 24.9 Å². The molecule has 1 aliphatic heterocycles. The topological polar surface area (TPSA) is 177 Å². The van der Waals surface area contributed by atoms with Gasteiger partial charge in [0.05, 0.1) is 0 Å². The lowest BCUT2D eigenvalue weighted by Crippen LogP contribution is -2.49. The Morgan fingerprint density at radius 2 is 2.02 bits per heavy atom. The fraction of sp³-hybridized carbons (Fsp3) is 0.343. The number of aliphatic hydroxyl groups excluding tert-OH is 1. The minimum Gasteiger partial charge on any atom is -0.508 e. The number of benzene rings is 2. The van der Waals surface area contributed by atoms with Gasteiger partial charge in [0.15, 0.2) is 5.43 Å². The zero-order chi connectivity index (χ0) is 33.2. The summed E-state index contributed by atoms with van der Waals surface area (Å²) in [6.07, 6.45) is 3.27. The summed E-state index contributed by atoms with van der Waals surface area (Å²) in [5.74, 6) is -0.825. The van der Waals surface area contributed by atoms with Crippen LogP contribution in [0.25, 0.3) is 11.0 Å². The zero-order valence-electron chi connectivity index (χ0n) is 26.3. The summed E-state index contributed by atoms with van der Waals surface area (Å²) in [6.45, 7) is 5.39. The fourth-order valence-corrected chi connectivity index (χ4v) is 5.94. The van der Waals surface area contributed by atoms with Crippen LogP contribution >= 0.6 is 0 Å². The van der Waals surface area contributed by atoms with Crippen LogP contribution in [0.5, 0.6) is 17.2 Å². The van der Waals surface area contributed by atoms with Crippen molar-refractivity contribution in [2.45, 2.75) is 64.3 Å². The van der Waals surface area contributed by atoms with Crippen LogP contribution in [-0.4, -0.2) is 51.6 Å². The predicted molar refractivity (Wildman–Crippen MR) is 173 cm³/mol. The Hall–Kier alpha value is -4.87. The molecule has 2 atom stereocenters. The van der Waals surface area contributed by atoms with Crippen LogP contribution in [0.4, 0.5) is 5.82 Å². The molecule has 0 aliphatic carbocycles. The van der Waals surface area contributed by atoms with Gasteiger partial charge in [-0.1, -0.05) is 18.2 Å². The highest BCUT2D eigenvalue weighted by atomic mass is 16.6. The molecule has 0 fully saturated rings. The number of hydrogen-bond acceptors (Lipinski definition) is 11. The van der Waals surface area contributed by atoms with Gasteiger partial charge in [0.1, 0.15) is 58.1 Å². The number of rotatable bonds is 10. The normalized spacial score (nSPS) is 16.5. The molecule has 0 spiro atoms. The van der Waals surface area contributed by atoms with E-state index in [4.69, 9.17) is 19.6 Å². The molecule has 0 bridgehead atoms. The maximum absolute atomic E-state index is 13.5. The average molecular weight is 630 g/mol. The van der Waals surface area contributed by atoms with Gasteiger partial charge in [-0.05, 0) is 82.6 Å². The van der Waals surface area contributed by atoms with Crippen LogP contribution in [0.2, 0.25) is 0 Å². The number of anilines is 1. The number of allylic oxidation sites excluding steroid dienone is 1. The zero-order valence-corrected chi connectivity index (χ0v) is 26.3. The number of phenolic OH excluding ortho intramolecular Hbond substituents is 2. The summed E-state index contributed by atoms with van der Waals surface area (Å²) >= 11 is 0. The van der Waals surface area contributed by atoms with Gasteiger partial charge in [-0.3, -0.25) is 4.79 Å². The number of ether oxygens (including phenoxy) is 2. The van der Waals surface area contributed by atoms with E-state index in [1.165, 1.54) is 0 Å². The summed E-state index contributed by atoms with van der Waals surface area (Å²) in [5, 5.41) is 34.8. The number of aromatic hydroxyl groups is 2. The number of carbonyl (C=O) groups excluding carboxylic acids is 1. The van der Waals surface area contributed by atoms with Crippen LogP contribution in [0.3, 0.4) is 0 Å². The minimum atomic E-state index is -1.08. The van der Waals surface area contributed by atoms with Gasteiger partial charge in [0.2, 0.25) is 0 Å². The molecule has 5 rings (SSSR count). The van der Waals surface area contributed by atoms with Crippen molar-refractivity contribution in [3.63, 3.8) is 0 Å². The minimum absolute atomic E-state index is 0.00535. The molecule has 4 aromatic rings. The first kappa shape index (κ1) is 32.5. The first-order chi connectivity index (χ1) is 22.0. The van der Waals surface area contributed by atoms with E-state index in [2.05, 4.69) is 10.3 Å². The highest BCUT2D eigenvalue weighted by Crippen LogP contribution is 2.50. The Kier molecular flexibility index (Phi) is 9.36. The van der Waals surface area contributed by atoms with Gasteiger partial charge in [-0.2, -0.15) is 0 Å². The molecule has 2 aromatic carbocycles. The Labute approximate surface area is 266 Å². The lowest BCUT2D eigenvalue weighted by molar-refractivity contribution is -0.156. The van der Waals surface area contributed by atoms with Crippen molar-refractivity contribution in [3.8, 4) is 17.2 Å². The van der Waals surface area contributed by atoms with Crippen molar-refractivity contribution in [1.29, 1.82) is 0 Å². The molecule has 11 heteroatoms. The molecule has 3 heterocycles. The molecule has 0 unspecified atom stereocenters. The third-order valence-corrected chi connectivity index (χ3v) is 8.38. The Bertz CT molecular complexity index is 1860. The van der Waals surface area contributed by atoms with Gasteiger partial charge in [-0.25, -0.2) is 9.78 Å². The molecular weight excluding hydrogens is 590 g/mol. The number of fused-ring (bicyclic) bond motifs is 2. The third kappa shape index (κ3) is 6.42. The number of phenols is 2. The number of esters is 1. The molecule has 0 saturated carbocycles. The van der Waals surface area contributed by atoms with Gasteiger partial charge < -0.3 is 40.3 Å². The van der Waals surface area contributed by atoms with Crippen LogP contribution in [0, 0.1) is 0 Å². The summed E-state index contributed by atoms with van der Waals surface area (Å²) < 4.78 is 18.8. The first-order valence-corrected chi connectivity index (χ1v) is 15.1. The summed E-state index contributed by atoms with van der Waals surface area (Å²) in [6, 6.07) is 11.4. The van der Waals surface area contributed by atoms with Gasteiger partial charge >= 0.3 is 5.97 Å². The summed E-state index contributed by atoms with van der Waals surface area (Å²) in [4.78, 5) is 30.9. The average Bonchev–Trinajstić information content (AvgIpc) is 3.01. The van der Waals surface area contributed by atoms with Gasteiger partial charge in [0, 0.05) is 41.3 Å². The predicted octanol–water partition coefficient (Wildman–Crippen LogP) is 4.23. The molecule has 0 radical (unpaired) electrons. The highest BCUT2D eigenvalue weighted by Gasteiger charge is 2.44. The van der Waals surface area contributed by atoms with E-state index < -0.39 is 35.6 Å². The first-order valence-electron chi connectivity index (χ1n) is 15.1. The van der Waals surface area contributed by atoms with Crippen molar-refractivity contribution in [3.05, 3.63) is 98.5 Å². The fourth-order valence-electron chi connectivity index (χ4n) is 5.94. The van der Waals surface area contributed by atoms with E-state index >= 15 is 0 Å². The molecule has 2 aromatic heterocycles. The molecule has 46 heavy (non-hydrogen) atoms. The second-order valence-electron chi connectivity index (χ2n) is 11.9. The van der Waals surface area contributed by atoms with E-state index in [1.54, 1.807) is 70.4 Å². The Balaban J connectivity index is 1.75. The highest BCUT2D eigenvalue weighted by molar-refractivity contribution is 5.92. The quantitative estimate of drug-likeness (QED) is 0.125. The molecule has 0 amide bonds. The number of pyridine rings is 1. The van der Waals surface area contributed by atoms with Crippen molar-refractivity contribution in [2.75, 3.05) is 19.3 Å². The molecule has 6 N–H and O–H groups in total. The summed E-state index contributed by atoms with van der Waals surface area (Å²) in [7, 11) is 1.80. The lowest BCUT2D eigenvalue weighted by atomic mass is 9.80. The van der Waals surface area contributed by atoms with Crippen LogP contribution in [0.15, 0.2) is 69.5 Å². The van der Waals surface area contributed by atoms with Crippen molar-refractivity contribution in [1.82, 2.24) is 10.3 Å². The van der Waals surface area contributed by atoms with E-state index in [0.29, 0.717) is 36.1 Å². The number of carbonyl (C=O) groups is 1. The molecule has 0 saturated heterocycles. The molecular formula is C35H39N3O8. The van der Waals surface area contributed by atoms with E-state index in [0.717, 1.165) is 11.6 Å². The largest absolute Gasteiger partial charge is 0.508 e. The number of aliphatic hydroxyl groups is 1. The second-order valence-corrected chi connectivity index (χ2v) is 11.9. The van der Waals surface area contributed by atoms with Crippen LogP contribution < -0.4 is 21.2 Å². The number of nitrogen functional groups attached to an aromatic ring is 1. The van der Waals surface area contributed by atoms with Crippen molar-refractivity contribution in [2.24, 2.45) is 0 Å². The van der Waals surface area contributed by atoms with Gasteiger partial charge in [-0.15, -0.1) is 0 Å². The number of nitrogens with one attached hydrogen (secondary N) is 1. The summed E-state index contributed by atoms with van der Waals surface area (Å²) in [5.41, 5.74) is 7.21. The van der Waals surface area contributed by atoms with Crippen molar-refractivity contribution < 1.29 is 34.0 Å². The van der Waals surface area contributed by atoms with Crippen LogP contribution in [-0.2, 0) is 29.0 Å². The Morgan fingerprint density at radius 3 is 2.70 bits per heavy atom. The lowest BCUT2D eigenvalue weighted by Gasteiger charge is -2.41. The maximum atomic E-state index is 13.5. The number of nitrogens with zero attached hydrogens (tertiary/aromatic N) is 1. The van der Waals surface area contributed by atoms with Crippen LogP contribution in [0.1, 0.15) is 61.1 Å². The monoisotopic (exact) mass is 629 g/mol. The van der Waals surface area contributed by atoms with Crippen molar-refractivity contribution >= 4 is 22.8 Å². The number of aromatic nitrogens is 1. The molecule has 11 nitrogen and oxygen atoms in total. The number of hydrogen-bond donors (Lipinski definition) is 5. The Morgan fingerprint density at radius 1 is 1.24 bits per heavy atom.